The van der Waals surface area contributed by atoms with E-state index in [4.69, 9.17) is 4.74 Å². The fourth-order valence-electron chi connectivity index (χ4n) is 3.91. The molecule has 0 bridgehead atoms. The first-order chi connectivity index (χ1) is 13.1. The molecular weight excluding hydrogens is 344 g/mol. The monoisotopic (exact) mass is 368 g/mol. The van der Waals surface area contributed by atoms with Crippen molar-refractivity contribution in [2.45, 2.75) is 37.8 Å². The molecule has 2 aliphatic rings. The van der Waals surface area contributed by atoms with E-state index in [-0.39, 0.29) is 17.9 Å². The third-order valence-electron chi connectivity index (χ3n) is 5.43. The molecular formula is C20H24N4O3. The molecule has 7 nitrogen and oxygen atoms in total. The fourth-order valence-corrected chi connectivity index (χ4v) is 3.91. The largest absolute Gasteiger partial charge is 0.483 e. The number of hydrogen-bond acceptors (Lipinski definition) is 4. The molecule has 3 heterocycles. The summed E-state index contributed by atoms with van der Waals surface area (Å²) in [6, 6.07) is 7.33. The van der Waals surface area contributed by atoms with Crippen molar-refractivity contribution in [1.29, 1.82) is 0 Å². The van der Waals surface area contributed by atoms with E-state index in [1.165, 1.54) is 0 Å². The Kier molecular flexibility index (Phi) is 4.59. The minimum Gasteiger partial charge on any atom is -0.483 e. The predicted octanol–water partition coefficient (Wildman–Crippen LogP) is 2.02. The zero-order chi connectivity index (χ0) is 18.9. The van der Waals surface area contributed by atoms with Crippen molar-refractivity contribution in [3.05, 3.63) is 48.5 Å². The summed E-state index contributed by atoms with van der Waals surface area (Å²) in [6.45, 7) is 3.62. The summed E-state index contributed by atoms with van der Waals surface area (Å²) in [4.78, 5) is 31.1. The van der Waals surface area contributed by atoms with Crippen LogP contribution in [-0.2, 0) is 4.79 Å². The molecule has 4 rings (SSSR count). The molecule has 0 unspecified atom stereocenters. The number of imidazole rings is 1. The van der Waals surface area contributed by atoms with Crippen molar-refractivity contribution in [3.8, 4) is 5.75 Å². The van der Waals surface area contributed by atoms with Crippen molar-refractivity contribution in [1.82, 2.24) is 19.8 Å². The summed E-state index contributed by atoms with van der Waals surface area (Å²) in [6.07, 6.45) is 7.39. The second-order valence-corrected chi connectivity index (χ2v) is 7.45. The fraction of sp³-hybridized carbons (Fsp3) is 0.450. The highest BCUT2D eigenvalue weighted by Crippen LogP contribution is 2.32. The highest BCUT2D eigenvalue weighted by Gasteiger charge is 2.42. The number of carbonyl (C=O) groups excluding carboxylic acids is 2. The van der Waals surface area contributed by atoms with Crippen molar-refractivity contribution in [2.24, 2.45) is 0 Å². The van der Waals surface area contributed by atoms with E-state index in [0.717, 1.165) is 19.4 Å². The quantitative estimate of drug-likeness (QED) is 0.899. The van der Waals surface area contributed by atoms with Gasteiger partial charge in [-0.1, -0.05) is 12.1 Å². The van der Waals surface area contributed by atoms with E-state index in [0.29, 0.717) is 30.8 Å². The molecule has 0 saturated carbocycles. The maximum absolute atomic E-state index is 12.9. The van der Waals surface area contributed by atoms with Crippen molar-refractivity contribution < 1.29 is 14.3 Å². The van der Waals surface area contributed by atoms with Crippen molar-refractivity contribution >= 4 is 11.8 Å². The standard InChI is InChI=1S/C20H24N4O3/c1-15(24-10-8-21-14-24)11-18(25)23-9-4-7-20(13-23)12-22-19(26)16-5-2-3-6-17(16)27-20/h2-3,5-6,8,10,14-15H,4,7,9,11-13H2,1H3,(H,22,26)/t15-,20-/m1/s1. The van der Waals surface area contributed by atoms with Gasteiger partial charge in [0.05, 0.1) is 25.0 Å². The normalized spacial score (nSPS) is 23.1. The Labute approximate surface area is 158 Å². The van der Waals surface area contributed by atoms with Gasteiger partial charge in [-0.2, -0.15) is 0 Å². The van der Waals surface area contributed by atoms with E-state index in [9.17, 15) is 9.59 Å². The average molecular weight is 368 g/mol. The van der Waals surface area contributed by atoms with Crippen LogP contribution in [0.25, 0.3) is 0 Å². The number of ether oxygens (including phenoxy) is 1. The number of benzene rings is 1. The SMILES string of the molecule is C[C@H](CC(=O)N1CCC[C@@]2(CNC(=O)c3ccccc3O2)C1)n1ccnc1. The van der Waals surface area contributed by atoms with Gasteiger partial charge < -0.3 is 19.5 Å². The van der Waals surface area contributed by atoms with Crippen LogP contribution in [0, 0.1) is 0 Å². The Hall–Kier alpha value is -2.83. The van der Waals surface area contributed by atoms with E-state index in [1.54, 1.807) is 18.6 Å². The minimum absolute atomic E-state index is 0.0494. The van der Waals surface area contributed by atoms with Gasteiger partial charge >= 0.3 is 0 Å². The second kappa shape index (κ2) is 7.06. The first-order valence-electron chi connectivity index (χ1n) is 9.38. The second-order valence-electron chi connectivity index (χ2n) is 7.45. The van der Waals surface area contributed by atoms with Crippen LogP contribution in [-0.4, -0.2) is 51.5 Å². The van der Waals surface area contributed by atoms with Gasteiger partial charge in [-0.3, -0.25) is 9.59 Å². The lowest BCUT2D eigenvalue weighted by Gasteiger charge is -2.42. The molecule has 1 N–H and O–H groups in total. The molecule has 2 atom stereocenters. The number of aromatic nitrogens is 2. The highest BCUT2D eigenvalue weighted by atomic mass is 16.5. The Morgan fingerprint density at radius 3 is 3.07 bits per heavy atom. The van der Waals surface area contributed by atoms with Crippen LogP contribution in [0.3, 0.4) is 0 Å². The summed E-state index contributed by atoms with van der Waals surface area (Å²) in [5, 5.41) is 2.97. The van der Waals surface area contributed by atoms with Crippen LogP contribution < -0.4 is 10.1 Å². The lowest BCUT2D eigenvalue weighted by Crippen LogP contribution is -2.58. The zero-order valence-electron chi connectivity index (χ0n) is 15.4. The van der Waals surface area contributed by atoms with Gasteiger partial charge in [-0.15, -0.1) is 0 Å². The topological polar surface area (TPSA) is 76.5 Å². The summed E-state index contributed by atoms with van der Waals surface area (Å²) in [5.41, 5.74) is -0.0272. The van der Waals surface area contributed by atoms with Crippen molar-refractivity contribution in [2.75, 3.05) is 19.6 Å². The number of nitrogens with one attached hydrogen (secondary N) is 1. The molecule has 142 valence electrons. The van der Waals surface area contributed by atoms with Gasteiger partial charge in [0.1, 0.15) is 11.4 Å². The number of carbonyl (C=O) groups is 2. The van der Waals surface area contributed by atoms with Gasteiger partial charge in [0.25, 0.3) is 5.91 Å². The number of likely N-dealkylation sites (tertiary alicyclic amines) is 1. The lowest BCUT2D eigenvalue weighted by molar-refractivity contribution is -0.137. The predicted molar refractivity (Wildman–Crippen MR) is 99.5 cm³/mol. The van der Waals surface area contributed by atoms with Crippen LogP contribution >= 0.6 is 0 Å². The molecule has 1 fully saturated rings. The molecule has 27 heavy (non-hydrogen) atoms. The summed E-state index contributed by atoms with van der Waals surface area (Å²) in [7, 11) is 0. The molecule has 2 aliphatic heterocycles. The maximum Gasteiger partial charge on any atom is 0.255 e. The van der Waals surface area contributed by atoms with Crippen LogP contribution in [0.15, 0.2) is 43.0 Å². The van der Waals surface area contributed by atoms with E-state index in [1.807, 2.05) is 40.8 Å². The molecule has 1 aromatic carbocycles. The van der Waals surface area contributed by atoms with Crippen LogP contribution in [0.2, 0.25) is 0 Å². The number of rotatable bonds is 3. The first-order valence-corrected chi connectivity index (χ1v) is 9.38. The van der Waals surface area contributed by atoms with Gasteiger partial charge in [0, 0.05) is 31.4 Å². The molecule has 2 amide bonds. The molecule has 0 radical (unpaired) electrons. The van der Waals surface area contributed by atoms with Gasteiger partial charge in [-0.25, -0.2) is 4.98 Å². The molecule has 2 aromatic rings. The average Bonchev–Trinajstić information content (AvgIpc) is 3.18. The Bertz CT molecular complexity index is 836. The van der Waals surface area contributed by atoms with Crippen LogP contribution in [0.5, 0.6) is 5.75 Å². The molecule has 1 aromatic heterocycles. The van der Waals surface area contributed by atoms with E-state index >= 15 is 0 Å². The molecule has 1 spiro atoms. The van der Waals surface area contributed by atoms with E-state index in [2.05, 4.69) is 10.3 Å². The third kappa shape index (κ3) is 3.54. The lowest BCUT2D eigenvalue weighted by atomic mass is 9.92. The number of hydrogen-bond donors (Lipinski definition) is 1. The summed E-state index contributed by atoms with van der Waals surface area (Å²) in [5.74, 6) is 0.566. The Balaban J connectivity index is 1.49. The number of para-hydroxylation sites is 1. The number of fused-ring (bicyclic) bond motifs is 1. The maximum atomic E-state index is 12.9. The van der Waals surface area contributed by atoms with Gasteiger partial charge in [0.15, 0.2) is 0 Å². The number of amides is 2. The first kappa shape index (κ1) is 17.6. The smallest absolute Gasteiger partial charge is 0.255 e. The molecule has 1 saturated heterocycles. The van der Waals surface area contributed by atoms with Gasteiger partial charge in [0.2, 0.25) is 5.91 Å². The third-order valence-corrected chi connectivity index (χ3v) is 5.43. The summed E-state index contributed by atoms with van der Waals surface area (Å²) >= 11 is 0. The van der Waals surface area contributed by atoms with Crippen LogP contribution in [0.1, 0.15) is 42.6 Å². The van der Waals surface area contributed by atoms with E-state index < -0.39 is 5.60 Å². The highest BCUT2D eigenvalue weighted by molar-refractivity contribution is 5.97. The summed E-state index contributed by atoms with van der Waals surface area (Å²) < 4.78 is 8.26. The van der Waals surface area contributed by atoms with Gasteiger partial charge in [-0.05, 0) is 31.9 Å². The molecule has 0 aliphatic carbocycles. The minimum atomic E-state index is -0.575. The zero-order valence-corrected chi connectivity index (χ0v) is 15.4. The molecule has 7 heteroatoms. The number of piperidine rings is 1. The number of nitrogens with zero attached hydrogens (tertiary/aromatic N) is 3. The van der Waals surface area contributed by atoms with Crippen molar-refractivity contribution in [3.63, 3.8) is 0 Å². The Morgan fingerprint density at radius 2 is 2.26 bits per heavy atom. The van der Waals surface area contributed by atoms with Crippen LogP contribution in [0.4, 0.5) is 0 Å². The Morgan fingerprint density at radius 1 is 1.41 bits per heavy atom.